The molecule has 0 aromatic heterocycles. The molecule has 1 atom stereocenters. The minimum absolute atomic E-state index is 0.467. The van der Waals surface area contributed by atoms with Crippen molar-refractivity contribution in [3.8, 4) is 0 Å². The van der Waals surface area contributed by atoms with Crippen molar-refractivity contribution in [1.29, 1.82) is 0 Å². The Morgan fingerprint density at radius 2 is 1.64 bits per heavy atom. The van der Waals surface area contributed by atoms with Crippen molar-refractivity contribution >= 4 is 31.9 Å². The summed E-state index contributed by atoms with van der Waals surface area (Å²) in [6.07, 6.45) is 2.50. The van der Waals surface area contributed by atoms with Gasteiger partial charge < -0.3 is 0 Å². The van der Waals surface area contributed by atoms with Crippen molar-refractivity contribution in [2.75, 3.05) is 0 Å². The summed E-state index contributed by atoms with van der Waals surface area (Å²) in [6, 6.07) is 0. The molecule has 0 aliphatic heterocycles. The predicted octanol–water partition coefficient (Wildman–Crippen LogP) is 4.56. The molecule has 0 aromatic carbocycles. The van der Waals surface area contributed by atoms with Crippen LogP contribution in [0.15, 0.2) is 0 Å². The smallest absolute Gasteiger partial charge is 0.0700 e. The molecule has 2 heteroatoms. The summed E-state index contributed by atoms with van der Waals surface area (Å²) in [5, 5.41) is 0. The van der Waals surface area contributed by atoms with E-state index in [4.69, 9.17) is 0 Å². The quantitative estimate of drug-likeness (QED) is 0.667. The first kappa shape index (κ1) is 12.0. The third-order valence-corrected chi connectivity index (χ3v) is 2.29. The molecule has 0 radical (unpaired) electrons. The van der Waals surface area contributed by atoms with Crippen LogP contribution < -0.4 is 0 Å². The van der Waals surface area contributed by atoms with Crippen molar-refractivity contribution in [2.24, 2.45) is 11.3 Å². The zero-order valence-electron chi connectivity index (χ0n) is 7.82. The summed E-state index contributed by atoms with van der Waals surface area (Å²) in [5.74, 6) is 0.791. The number of rotatable bonds is 3. The molecular weight excluding hydrogens is 268 g/mol. The van der Waals surface area contributed by atoms with Gasteiger partial charge in [-0.3, -0.25) is 0 Å². The molecule has 0 aliphatic carbocycles. The first-order valence-electron chi connectivity index (χ1n) is 4.09. The van der Waals surface area contributed by atoms with Crippen LogP contribution in [0.1, 0.15) is 40.5 Å². The van der Waals surface area contributed by atoms with E-state index in [0.717, 1.165) is 5.92 Å². The van der Waals surface area contributed by atoms with Crippen LogP contribution in [0, 0.1) is 11.3 Å². The third-order valence-electron chi connectivity index (χ3n) is 1.54. The van der Waals surface area contributed by atoms with E-state index in [-0.39, 0.29) is 0 Å². The van der Waals surface area contributed by atoms with Gasteiger partial charge in [0.25, 0.3) is 0 Å². The van der Waals surface area contributed by atoms with Crippen LogP contribution in [0.5, 0.6) is 0 Å². The van der Waals surface area contributed by atoms with Gasteiger partial charge in [-0.15, -0.1) is 0 Å². The molecule has 68 valence electrons. The Morgan fingerprint density at radius 1 is 1.18 bits per heavy atom. The van der Waals surface area contributed by atoms with Gasteiger partial charge in [0.2, 0.25) is 0 Å². The van der Waals surface area contributed by atoms with Gasteiger partial charge in [-0.25, -0.2) is 0 Å². The Labute approximate surface area is 87.4 Å². The van der Waals surface area contributed by atoms with Crippen LogP contribution in [0.3, 0.4) is 0 Å². The molecule has 0 aliphatic rings. The van der Waals surface area contributed by atoms with Gasteiger partial charge in [-0.1, -0.05) is 59.6 Å². The van der Waals surface area contributed by atoms with Crippen molar-refractivity contribution in [3.63, 3.8) is 0 Å². The maximum atomic E-state index is 3.50. The average molecular weight is 286 g/mol. The summed E-state index contributed by atoms with van der Waals surface area (Å²) in [4.78, 5) is 0. The first-order valence-corrected chi connectivity index (χ1v) is 5.92. The lowest BCUT2D eigenvalue weighted by molar-refractivity contribution is 0.302. The molecule has 0 amide bonds. The Morgan fingerprint density at radius 3 is 1.91 bits per heavy atom. The fourth-order valence-corrected chi connectivity index (χ4v) is 2.71. The second kappa shape index (κ2) is 4.86. The lowest BCUT2D eigenvalue weighted by Gasteiger charge is -2.23. The summed E-state index contributed by atoms with van der Waals surface area (Å²) in [6.45, 7) is 9.18. The monoisotopic (exact) mass is 284 g/mol. The molecular formula is C9H18Br2. The summed E-state index contributed by atoms with van der Waals surface area (Å²) < 4.78 is 0.479. The van der Waals surface area contributed by atoms with E-state index < -0.39 is 0 Å². The van der Waals surface area contributed by atoms with Gasteiger partial charge in [0.05, 0.1) is 3.74 Å². The molecule has 0 fully saturated rings. The first-order chi connectivity index (χ1) is 4.81. The molecule has 0 saturated carbocycles. The van der Waals surface area contributed by atoms with Crippen molar-refractivity contribution in [3.05, 3.63) is 0 Å². The number of hydrogen-bond donors (Lipinski definition) is 0. The van der Waals surface area contributed by atoms with E-state index in [1.165, 1.54) is 12.8 Å². The highest BCUT2D eigenvalue weighted by Gasteiger charge is 2.16. The van der Waals surface area contributed by atoms with Gasteiger partial charge in [0.1, 0.15) is 0 Å². The highest BCUT2D eigenvalue weighted by atomic mass is 79.9. The molecule has 0 saturated heterocycles. The molecule has 0 nitrogen and oxygen atoms in total. The second-order valence-electron chi connectivity index (χ2n) is 4.50. The average Bonchev–Trinajstić information content (AvgIpc) is 1.53. The topological polar surface area (TPSA) is 0 Å². The zero-order valence-corrected chi connectivity index (χ0v) is 11.0. The van der Waals surface area contributed by atoms with Crippen molar-refractivity contribution in [2.45, 2.75) is 44.3 Å². The molecule has 0 rings (SSSR count). The minimum Gasteiger partial charge on any atom is -0.0765 e. The zero-order chi connectivity index (χ0) is 9.07. The number of hydrogen-bond acceptors (Lipinski definition) is 0. The van der Waals surface area contributed by atoms with E-state index in [1.807, 2.05) is 0 Å². The van der Waals surface area contributed by atoms with Gasteiger partial charge in [-0.05, 0) is 24.2 Å². The van der Waals surface area contributed by atoms with Crippen LogP contribution in [0.4, 0.5) is 0 Å². The number of alkyl halides is 2. The molecule has 0 unspecified atom stereocenters. The molecule has 11 heavy (non-hydrogen) atoms. The van der Waals surface area contributed by atoms with Crippen LogP contribution in [0.25, 0.3) is 0 Å². The van der Waals surface area contributed by atoms with E-state index in [9.17, 15) is 0 Å². The van der Waals surface area contributed by atoms with Crippen LogP contribution >= 0.6 is 31.9 Å². The van der Waals surface area contributed by atoms with Crippen molar-refractivity contribution in [1.82, 2.24) is 0 Å². The molecule has 0 bridgehead atoms. The lowest BCUT2D eigenvalue weighted by atomic mass is 9.84. The number of halogens is 2. The normalized spacial score (nSPS) is 15.5. The van der Waals surface area contributed by atoms with E-state index >= 15 is 0 Å². The van der Waals surface area contributed by atoms with E-state index in [0.29, 0.717) is 9.15 Å². The largest absolute Gasteiger partial charge is 0.0765 e. The highest BCUT2D eigenvalue weighted by molar-refractivity contribution is 9.24. The molecule has 0 spiro atoms. The van der Waals surface area contributed by atoms with Gasteiger partial charge in [0, 0.05) is 0 Å². The van der Waals surface area contributed by atoms with Gasteiger partial charge in [-0.2, -0.15) is 0 Å². The van der Waals surface area contributed by atoms with E-state index in [2.05, 4.69) is 59.6 Å². The Balaban J connectivity index is 3.61. The van der Waals surface area contributed by atoms with Gasteiger partial charge in [0.15, 0.2) is 0 Å². The summed E-state index contributed by atoms with van der Waals surface area (Å²) >= 11 is 7.00. The Kier molecular flexibility index (Phi) is 5.28. The molecule has 0 aromatic rings. The molecule has 0 N–H and O–H groups in total. The minimum atomic E-state index is 0.467. The van der Waals surface area contributed by atoms with E-state index in [1.54, 1.807) is 0 Å². The van der Waals surface area contributed by atoms with Crippen LogP contribution in [-0.2, 0) is 0 Å². The highest BCUT2D eigenvalue weighted by Crippen LogP contribution is 2.29. The Bertz CT molecular complexity index is 103. The maximum Gasteiger partial charge on any atom is 0.0700 e. The third kappa shape index (κ3) is 8.87. The maximum absolute atomic E-state index is 3.50. The SMILES string of the molecule is C[C@@H](CC(Br)Br)CC(C)(C)C. The standard InChI is InChI=1S/C9H18Br2/c1-7(5-8(10)11)6-9(2,3)4/h7-8H,5-6H2,1-4H3/t7-/m0/s1. The summed E-state index contributed by atoms with van der Waals surface area (Å²) in [7, 11) is 0. The van der Waals surface area contributed by atoms with Crippen LogP contribution in [-0.4, -0.2) is 3.74 Å². The van der Waals surface area contributed by atoms with Crippen molar-refractivity contribution < 1.29 is 0 Å². The fraction of sp³-hybridized carbons (Fsp3) is 1.00. The summed E-state index contributed by atoms with van der Waals surface area (Å²) in [5.41, 5.74) is 0.467. The Hall–Kier alpha value is 0.960. The second-order valence-corrected chi connectivity index (χ2v) is 7.94. The van der Waals surface area contributed by atoms with Crippen LogP contribution in [0.2, 0.25) is 0 Å². The fourth-order valence-electron chi connectivity index (χ4n) is 1.43. The molecule has 0 heterocycles. The van der Waals surface area contributed by atoms with Gasteiger partial charge >= 0.3 is 0 Å². The predicted molar refractivity (Wildman–Crippen MR) is 59.5 cm³/mol. The lowest BCUT2D eigenvalue weighted by Crippen LogP contribution is -2.12.